The molecule has 9 heavy (non-hydrogen) atoms. The van der Waals surface area contributed by atoms with Gasteiger partial charge in [0.1, 0.15) is 11.5 Å². The van der Waals surface area contributed by atoms with E-state index in [1.165, 1.54) is 0 Å². The lowest BCUT2D eigenvalue weighted by Gasteiger charge is -1.88. The predicted octanol–water partition coefficient (Wildman–Crippen LogP) is -0.332. The molecule has 0 unspecified atom stereocenters. The molecule has 0 aromatic heterocycles. The van der Waals surface area contributed by atoms with E-state index in [-0.39, 0.29) is 11.5 Å². The van der Waals surface area contributed by atoms with Crippen LogP contribution in [0.25, 0.3) is 0 Å². The molecule has 0 N–H and O–H groups in total. The summed E-state index contributed by atoms with van der Waals surface area (Å²) in [4.78, 5) is 0. The molecular weight excluding hydrogens is 136 g/mol. The average Bonchev–Trinajstić information content (AvgIpc) is 1.64. The molecule has 0 spiro atoms. The standard InChI is InChI=1S/C6H6O2S/c1-3-5-9(7,8)6-4-2/h1-2H,5-6H2. The van der Waals surface area contributed by atoms with Crippen molar-refractivity contribution in [3.05, 3.63) is 0 Å². The normalized spacial score (nSPS) is 9.56. The van der Waals surface area contributed by atoms with Gasteiger partial charge < -0.3 is 0 Å². The van der Waals surface area contributed by atoms with E-state index in [0.717, 1.165) is 0 Å². The van der Waals surface area contributed by atoms with Gasteiger partial charge in [-0.1, -0.05) is 11.8 Å². The van der Waals surface area contributed by atoms with Crippen LogP contribution in [0, 0.1) is 24.7 Å². The van der Waals surface area contributed by atoms with E-state index >= 15 is 0 Å². The van der Waals surface area contributed by atoms with Crippen molar-refractivity contribution in [3.8, 4) is 24.7 Å². The van der Waals surface area contributed by atoms with E-state index < -0.39 is 9.84 Å². The van der Waals surface area contributed by atoms with Gasteiger partial charge in [-0.15, -0.1) is 12.8 Å². The van der Waals surface area contributed by atoms with Crippen LogP contribution in [0.15, 0.2) is 0 Å². The lowest BCUT2D eigenvalue weighted by molar-refractivity contribution is 0.603. The Balaban J connectivity index is 4.14. The number of rotatable bonds is 2. The maximum absolute atomic E-state index is 10.5. The van der Waals surface area contributed by atoms with Gasteiger partial charge in [-0.05, 0) is 0 Å². The Kier molecular flexibility index (Phi) is 2.84. The summed E-state index contributed by atoms with van der Waals surface area (Å²) in [5.74, 6) is 3.49. The predicted molar refractivity (Wildman–Crippen MR) is 36.3 cm³/mol. The van der Waals surface area contributed by atoms with E-state index in [4.69, 9.17) is 12.8 Å². The highest BCUT2D eigenvalue weighted by Crippen LogP contribution is 1.85. The lowest BCUT2D eigenvalue weighted by Crippen LogP contribution is -2.07. The Labute approximate surface area is 55.2 Å². The highest BCUT2D eigenvalue weighted by molar-refractivity contribution is 7.91. The van der Waals surface area contributed by atoms with Crippen molar-refractivity contribution in [1.29, 1.82) is 0 Å². The summed E-state index contributed by atoms with van der Waals surface area (Å²) >= 11 is 0. The van der Waals surface area contributed by atoms with Crippen molar-refractivity contribution in [2.45, 2.75) is 0 Å². The van der Waals surface area contributed by atoms with Gasteiger partial charge in [-0.2, -0.15) is 0 Å². The zero-order chi connectivity index (χ0) is 7.33. The second-order valence-electron chi connectivity index (χ2n) is 1.44. The van der Waals surface area contributed by atoms with E-state index in [0.29, 0.717) is 0 Å². The van der Waals surface area contributed by atoms with Crippen LogP contribution in [0.3, 0.4) is 0 Å². The van der Waals surface area contributed by atoms with E-state index in [9.17, 15) is 8.42 Å². The summed E-state index contributed by atoms with van der Waals surface area (Å²) in [5.41, 5.74) is 0. The maximum Gasteiger partial charge on any atom is 0.172 e. The molecule has 0 aliphatic carbocycles. The van der Waals surface area contributed by atoms with Gasteiger partial charge in [0.15, 0.2) is 9.84 Å². The second kappa shape index (κ2) is 3.17. The highest BCUT2D eigenvalue weighted by atomic mass is 32.2. The third kappa shape index (κ3) is 3.64. The quantitative estimate of drug-likeness (QED) is 0.495. The minimum Gasteiger partial charge on any atom is -0.227 e. The van der Waals surface area contributed by atoms with Gasteiger partial charge in [-0.3, -0.25) is 0 Å². The molecular formula is C6H6O2S. The molecule has 0 aliphatic rings. The number of terminal acetylenes is 2. The van der Waals surface area contributed by atoms with Gasteiger partial charge in [0.2, 0.25) is 0 Å². The van der Waals surface area contributed by atoms with Gasteiger partial charge in [0, 0.05) is 0 Å². The maximum atomic E-state index is 10.5. The van der Waals surface area contributed by atoms with Crippen molar-refractivity contribution >= 4 is 9.84 Å². The largest absolute Gasteiger partial charge is 0.227 e. The van der Waals surface area contributed by atoms with E-state index in [1.807, 2.05) is 11.8 Å². The topological polar surface area (TPSA) is 34.1 Å². The van der Waals surface area contributed by atoms with Gasteiger partial charge in [0.25, 0.3) is 0 Å². The summed E-state index contributed by atoms with van der Waals surface area (Å²) in [7, 11) is -3.15. The van der Waals surface area contributed by atoms with Crippen molar-refractivity contribution in [3.63, 3.8) is 0 Å². The first-order valence-electron chi connectivity index (χ1n) is 2.20. The van der Waals surface area contributed by atoms with Gasteiger partial charge in [-0.25, -0.2) is 8.42 Å². The highest BCUT2D eigenvalue weighted by Gasteiger charge is 2.03. The summed E-state index contributed by atoms with van der Waals surface area (Å²) in [6.07, 6.45) is 9.49. The number of sulfone groups is 1. The third-order valence-electron chi connectivity index (χ3n) is 0.606. The molecule has 0 saturated heterocycles. The fourth-order valence-electron chi connectivity index (χ4n) is 0.305. The van der Waals surface area contributed by atoms with Crippen LogP contribution < -0.4 is 0 Å². The van der Waals surface area contributed by atoms with Crippen LogP contribution >= 0.6 is 0 Å². The monoisotopic (exact) mass is 142 g/mol. The molecule has 0 fully saturated rings. The molecule has 3 heteroatoms. The average molecular weight is 142 g/mol. The van der Waals surface area contributed by atoms with Crippen LogP contribution in [-0.2, 0) is 9.84 Å². The molecule has 0 aromatic carbocycles. The van der Waals surface area contributed by atoms with E-state index in [2.05, 4.69) is 0 Å². The van der Waals surface area contributed by atoms with Gasteiger partial charge >= 0.3 is 0 Å². The zero-order valence-electron chi connectivity index (χ0n) is 4.79. The fraction of sp³-hybridized carbons (Fsp3) is 0.333. The van der Waals surface area contributed by atoms with Crippen LogP contribution in [0.2, 0.25) is 0 Å². The van der Waals surface area contributed by atoms with Crippen LogP contribution in [0.5, 0.6) is 0 Å². The first-order chi connectivity index (χ1) is 4.12. The Hall–Kier alpha value is -0.930. The molecule has 2 nitrogen and oxygen atoms in total. The Morgan fingerprint density at radius 3 is 1.67 bits per heavy atom. The molecule has 0 rings (SSSR count). The SMILES string of the molecule is C#CCS(=O)(=O)CC#C. The molecule has 0 saturated carbocycles. The molecule has 0 bridgehead atoms. The Morgan fingerprint density at radius 2 is 1.44 bits per heavy atom. The third-order valence-corrected chi connectivity index (χ3v) is 1.82. The summed E-state index contributed by atoms with van der Waals surface area (Å²) in [6, 6.07) is 0. The van der Waals surface area contributed by atoms with Crippen molar-refractivity contribution < 1.29 is 8.42 Å². The smallest absolute Gasteiger partial charge is 0.172 e. The molecule has 0 atom stereocenters. The molecule has 48 valence electrons. The van der Waals surface area contributed by atoms with Crippen molar-refractivity contribution in [1.82, 2.24) is 0 Å². The second-order valence-corrected chi connectivity index (χ2v) is 3.50. The summed E-state index contributed by atoms with van der Waals surface area (Å²) in [5, 5.41) is 0. The molecule has 0 aromatic rings. The van der Waals surface area contributed by atoms with Crippen molar-refractivity contribution in [2.24, 2.45) is 0 Å². The number of hydrogen-bond donors (Lipinski definition) is 0. The van der Waals surface area contributed by atoms with Crippen LogP contribution in [0.1, 0.15) is 0 Å². The number of hydrogen-bond acceptors (Lipinski definition) is 2. The molecule has 0 amide bonds. The van der Waals surface area contributed by atoms with Crippen LogP contribution in [-0.4, -0.2) is 19.9 Å². The zero-order valence-corrected chi connectivity index (χ0v) is 5.61. The fourth-order valence-corrected chi connectivity index (χ4v) is 0.915. The first kappa shape index (κ1) is 8.07. The van der Waals surface area contributed by atoms with Crippen LogP contribution in [0.4, 0.5) is 0 Å². The Morgan fingerprint density at radius 1 is 1.11 bits per heavy atom. The lowest BCUT2D eigenvalue weighted by atomic mass is 10.8. The van der Waals surface area contributed by atoms with Gasteiger partial charge in [0.05, 0.1) is 0 Å². The molecule has 0 heterocycles. The Bertz CT molecular complexity index is 226. The minimum absolute atomic E-state index is 0.267. The summed E-state index contributed by atoms with van der Waals surface area (Å²) < 4.78 is 21.1. The molecule has 0 radical (unpaired) electrons. The molecule has 0 aliphatic heterocycles. The first-order valence-corrected chi connectivity index (χ1v) is 4.02. The van der Waals surface area contributed by atoms with Crippen molar-refractivity contribution in [2.75, 3.05) is 11.5 Å². The van der Waals surface area contributed by atoms with E-state index in [1.54, 1.807) is 0 Å². The minimum atomic E-state index is -3.15. The summed E-state index contributed by atoms with van der Waals surface area (Å²) in [6.45, 7) is 0.